The number of fused-ring (bicyclic) bond motifs is 1. The number of aromatic carboxylic acids is 1. The average Bonchev–Trinajstić information content (AvgIpc) is 2.44. The molecular formula is C7H5N2O2S-. The lowest BCUT2D eigenvalue weighted by molar-refractivity contribution is -0.255. The van der Waals surface area contributed by atoms with Crippen molar-refractivity contribution in [3.63, 3.8) is 0 Å². The standard InChI is InChI=1S/C7H6N2O2S/c1-4-5(6(10)11)9-2-3-12-7(9)8-4/h2-3H,1H3,(H,10,11)/p-1. The van der Waals surface area contributed by atoms with Crippen LogP contribution in [0.1, 0.15) is 16.2 Å². The molecule has 0 saturated carbocycles. The third kappa shape index (κ3) is 0.831. The fourth-order valence-electron chi connectivity index (χ4n) is 1.14. The molecule has 5 heteroatoms. The molecule has 0 radical (unpaired) electrons. The lowest BCUT2D eigenvalue weighted by Crippen LogP contribution is -2.24. The normalized spacial score (nSPS) is 10.8. The second-order valence-electron chi connectivity index (χ2n) is 2.39. The van der Waals surface area contributed by atoms with Crippen molar-refractivity contribution >= 4 is 22.3 Å². The molecule has 0 unspecified atom stereocenters. The summed E-state index contributed by atoms with van der Waals surface area (Å²) in [5, 5.41) is 12.4. The van der Waals surface area contributed by atoms with Crippen LogP contribution in [0.5, 0.6) is 0 Å². The van der Waals surface area contributed by atoms with Crippen LogP contribution in [0.25, 0.3) is 4.96 Å². The second kappa shape index (κ2) is 2.31. The first kappa shape index (κ1) is 7.30. The molecule has 0 saturated heterocycles. The van der Waals surface area contributed by atoms with Crippen molar-refractivity contribution in [3.05, 3.63) is 23.0 Å². The molecule has 2 aromatic rings. The van der Waals surface area contributed by atoms with Crippen LogP contribution in [0.4, 0.5) is 0 Å². The molecule has 0 aromatic carbocycles. The Morgan fingerprint density at radius 3 is 3.17 bits per heavy atom. The van der Waals surface area contributed by atoms with E-state index in [-0.39, 0.29) is 5.69 Å². The minimum Gasteiger partial charge on any atom is -0.543 e. The van der Waals surface area contributed by atoms with Gasteiger partial charge in [0, 0.05) is 11.6 Å². The number of hydrogen-bond donors (Lipinski definition) is 0. The zero-order valence-electron chi connectivity index (χ0n) is 6.27. The number of carbonyl (C=O) groups is 1. The zero-order chi connectivity index (χ0) is 8.72. The summed E-state index contributed by atoms with van der Waals surface area (Å²) in [5.74, 6) is -1.18. The SMILES string of the molecule is Cc1nc2sccn2c1C(=O)[O-]. The predicted molar refractivity (Wildman–Crippen MR) is 42.1 cm³/mol. The molecular weight excluding hydrogens is 176 g/mol. The van der Waals surface area contributed by atoms with Crippen molar-refractivity contribution in [2.24, 2.45) is 0 Å². The summed E-state index contributed by atoms with van der Waals surface area (Å²) >= 11 is 1.40. The fraction of sp³-hybridized carbons (Fsp3) is 0.143. The maximum absolute atomic E-state index is 10.6. The Balaban J connectivity index is 2.84. The molecule has 0 N–H and O–H groups in total. The molecule has 0 amide bonds. The van der Waals surface area contributed by atoms with Gasteiger partial charge < -0.3 is 9.90 Å². The smallest absolute Gasteiger partial charge is 0.194 e. The van der Waals surface area contributed by atoms with Gasteiger partial charge in [0.2, 0.25) is 0 Å². The Labute approximate surface area is 72.1 Å². The summed E-state index contributed by atoms with van der Waals surface area (Å²) in [5.41, 5.74) is 0.646. The molecule has 0 spiro atoms. The van der Waals surface area contributed by atoms with Crippen molar-refractivity contribution < 1.29 is 9.90 Å². The van der Waals surface area contributed by atoms with E-state index in [1.54, 1.807) is 18.5 Å². The first-order valence-corrected chi connectivity index (χ1v) is 4.21. The lowest BCUT2D eigenvalue weighted by atomic mass is 10.3. The molecule has 0 aliphatic carbocycles. The van der Waals surface area contributed by atoms with Gasteiger partial charge in [0.05, 0.1) is 17.4 Å². The van der Waals surface area contributed by atoms with E-state index >= 15 is 0 Å². The van der Waals surface area contributed by atoms with Crippen LogP contribution in [0.2, 0.25) is 0 Å². The summed E-state index contributed by atoms with van der Waals surface area (Å²) in [6, 6.07) is 0. The van der Waals surface area contributed by atoms with E-state index in [2.05, 4.69) is 4.98 Å². The van der Waals surface area contributed by atoms with Crippen molar-refractivity contribution in [2.45, 2.75) is 6.92 Å². The second-order valence-corrected chi connectivity index (χ2v) is 3.26. The molecule has 12 heavy (non-hydrogen) atoms. The summed E-state index contributed by atoms with van der Waals surface area (Å²) in [4.78, 5) is 15.4. The minimum absolute atomic E-state index is 0.145. The van der Waals surface area contributed by atoms with E-state index < -0.39 is 5.97 Å². The van der Waals surface area contributed by atoms with E-state index in [1.165, 1.54) is 15.7 Å². The molecule has 0 fully saturated rings. The van der Waals surface area contributed by atoms with E-state index in [9.17, 15) is 9.90 Å². The zero-order valence-corrected chi connectivity index (χ0v) is 7.09. The minimum atomic E-state index is -1.18. The third-order valence-electron chi connectivity index (χ3n) is 1.63. The third-order valence-corrected chi connectivity index (χ3v) is 2.39. The maximum atomic E-state index is 10.6. The highest BCUT2D eigenvalue weighted by Gasteiger charge is 2.09. The van der Waals surface area contributed by atoms with Gasteiger partial charge in [-0.25, -0.2) is 4.98 Å². The van der Waals surface area contributed by atoms with Gasteiger partial charge in [-0.1, -0.05) is 0 Å². The number of nitrogens with zero attached hydrogens (tertiary/aromatic N) is 2. The molecule has 2 aromatic heterocycles. The van der Waals surface area contributed by atoms with Crippen LogP contribution >= 0.6 is 11.3 Å². The fourth-order valence-corrected chi connectivity index (χ4v) is 1.90. The Morgan fingerprint density at radius 1 is 1.75 bits per heavy atom. The largest absolute Gasteiger partial charge is 0.543 e. The molecule has 2 rings (SSSR count). The van der Waals surface area contributed by atoms with Gasteiger partial charge in [0.25, 0.3) is 0 Å². The van der Waals surface area contributed by atoms with Crippen LogP contribution in [-0.2, 0) is 0 Å². The van der Waals surface area contributed by atoms with Crippen molar-refractivity contribution in [1.82, 2.24) is 9.38 Å². The van der Waals surface area contributed by atoms with Gasteiger partial charge in [0.15, 0.2) is 4.96 Å². The van der Waals surface area contributed by atoms with Gasteiger partial charge in [-0.2, -0.15) is 0 Å². The van der Waals surface area contributed by atoms with E-state index in [4.69, 9.17) is 0 Å². The van der Waals surface area contributed by atoms with E-state index in [1.807, 2.05) is 0 Å². The first-order chi connectivity index (χ1) is 5.70. The van der Waals surface area contributed by atoms with E-state index in [0.29, 0.717) is 10.7 Å². The molecule has 2 heterocycles. The number of aromatic nitrogens is 2. The Kier molecular flexibility index (Phi) is 1.41. The number of carboxylic acids is 1. The highest BCUT2D eigenvalue weighted by atomic mass is 32.1. The number of imidazole rings is 1. The highest BCUT2D eigenvalue weighted by molar-refractivity contribution is 7.15. The van der Waals surface area contributed by atoms with Crippen LogP contribution in [0.15, 0.2) is 11.6 Å². The van der Waals surface area contributed by atoms with Crippen LogP contribution in [-0.4, -0.2) is 15.4 Å². The number of carbonyl (C=O) groups excluding carboxylic acids is 1. The van der Waals surface area contributed by atoms with Gasteiger partial charge >= 0.3 is 0 Å². The summed E-state index contributed by atoms with van der Waals surface area (Å²) in [6.45, 7) is 1.66. The molecule has 0 bridgehead atoms. The molecule has 0 atom stereocenters. The number of carboxylic acid groups (broad SMARTS) is 1. The Bertz CT molecular complexity index is 443. The number of aryl methyl sites for hydroxylation is 1. The number of rotatable bonds is 1. The number of thiazole rings is 1. The highest BCUT2D eigenvalue weighted by Crippen LogP contribution is 2.15. The average molecular weight is 181 g/mol. The maximum Gasteiger partial charge on any atom is 0.194 e. The monoisotopic (exact) mass is 181 g/mol. The Hall–Kier alpha value is -1.36. The molecule has 62 valence electrons. The molecule has 0 aliphatic heterocycles. The quantitative estimate of drug-likeness (QED) is 0.625. The summed E-state index contributed by atoms with van der Waals surface area (Å²) in [6.07, 6.45) is 1.67. The van der Waals surface area contributed by atoms with E-state index in [0.717, 1.165) is 0 Å². The van der Waals surface area contributed by atoms with Crippen LogP contribution in [0, 0.1) is 6.92 Å². The predicted octanol–water partition coefficient (Wildman–Crippen LogP) is 0.0677. The van der Waals surface area contributed by atoms with Crippen molar-refractivity contribution in [1.29, 1.82) is 0 Å². The van der Waals surface area contributed by atoms with Gasteiger partial charge in [-0.05, 0) is 6.92 Å². The van der Waals surface area contributed by atoms with Crippen molar-refractivity contribution in [3.8, 4) is 0 Å². The van der Waals surface area contributed by atoms with Gasteiger partial charge in [-0.3, -0.25) is 4.40 Å². The number of hydrogen-bond acceptors (Lipinski definition) is 4. The van der Waals surface area contributed by atoms with Crippen molar-refractivity contribution in [2.75, 3.05) is 0 Å². The summed E-state index contributed by atoms with van der Waals surface area (Å²) < 4.78 is 1.52. The van der Waals surface area contributed by atoms with Gasteiger partial charge in [0.1, 0.15) is 0 Å². The molecule has 0 aliphatic rings. The van der Waals surface area contributed by atoms with Gasteiger partial charge in [-0.15, -0.1) is 11.3 Å². The van der Waals surface area contributed by atoms with Crippen LogP contribution in [0.3, 0.4) is 0 Å². The van der Waals surface area contributed by atoms with Crippen LogP contribution < -0.4 is 5.11 Å². The summed E-state index contributed by atoms with van der Waals surface area (Å²) in [7, 11) is 0. The topological polar surface area (TPSA) is 57.4 Å². The Morgan fingerprint density at radius 2 is 2.50 bits per heavy atom. The molecule has 4 nitrogen and oxygen atoms in total. The first-order valence-electron chi connectivity index (χ1n) is 3.33. The lowest BCUT2D eigenvalue weighted by Gasteiger charge is -1.99.